The number of rotatable bonds is 2. The van der Waals surface area contributed by atoms with Gasteiger partial charge in [0.25, 0.3) is 5.89 Å². The molecule has 0 saturated carbocycles. The number of ether oxygens (including phenoxy) is 2. The summed E-state index contributed by atoms with van der Waals surface area (Å²) in [6.07, 6.45) is 0. The highest BCUT2D eigenvalue weighted by atomic mass is 35.5. The normalized spacial score (nSPS) is 12.3. The molecule has 2 heterocycles. The summed E-state index contributed by atoms with van der Waals surface area (Å²) in [6.45, 7) is 0.505. The summed E-state index contributed by atoms with van der Waals surface area (Å²) in [5.74, 6) is 2.32. The van der Waals surface area contributed by atoms with Crippen LogP contribution in [0.15, 0.2) is 22.7 Å². The van der Waals surface area contributed by atoms with Crippen molar-refractivity contribution in [3.8, 4) is 23.0 Å². The van der Waals surface area contributed by atoms with Crippen LogP contribution in [0.2, 0.25) is 0 Å². The van der Waals surface area contributed by atoms with Gasteiger partial charge in [-0.05, 0) is 18.2 Å². The zero-order valence-corrected chi connectivity index (χ0v) is 9.57. The lowest BCUT2D eigenvalue weighted by Crippen LogP contribution is -1.97. The molecule has 1 aliphatic heterocycles. The first-order valence-electron chi connectivity index (χ1n) is 4.79. The molecular weight excluding hydrogens is 246 g/mol. The van der Waals surface area contributed by atoms with Gasteiger partial charge in [0, 0.05) is 5.56 Å². The molecule has 3 rings (SSSR count). The smallest absolute Gasteiger partial charge is 0.258 e. The minimum atomic E-state index is 0. The van der Waals surface area contributed by atoms with Gasteiger partial charge in [0.1, 0.15) is 0 Å². The molecule has 7 heteroatoms. The van der Waals surface area contributed by atoms with Crippen LogP contribution in [0.5, 0.6) is 11.5 Å². The number of nitrogens with two attached hydrogens (primary N) is 1. The molecule has 0 fully saturated rings. The Balaban J connectivity index is 0.00000108. The number of fused-ring (bicyclic) bond motifs is 1. The van der Waals surface area contributed by atoms with Crippen LogP contribution in [0.1, 0.15) is 5.82 Å². The van der Waals surface area contributed by atoms with E-state index in [2.05, 4.69) is 10.1 Å². The summed E-state index contributed by atoms with van der Waals surface area (Å²) in [4.78, 5) is 4.13. The molecule has 0 saturated heterocycles. The van der Waals surface area contributed by atoms with Gasteiger partial charge in [-0.1, -0.05) is 5.16 Å². The zero-order valence-electron chi connectivity index (χ0n) is 8.75. The van der Waals surface area contributed by atoms with Crippen LogP contribution in [-0.4, -0.2) is 16.9 Å². The highest BCUT2D eigenvalue weighted by Crippen LogP contribution is 2.35. The lowest BCUT2D eigenvalue weighted by Gasteiger charge is -1.97. The Bertz CT molecular complexity index is 529. The summed E-state index contributed by atoms with van der Waals surface area (Å²) in [7, 11) is 0. The summed E-state index contributed by atoms with van der Waals surface area (Å²) in [5.41, 5.74) is 6.19. The Morgan fingerprint density at radius 3 is 2.82 bits per heavy atom. The van der Waals surface area contributed by atoms with Crippen LogP contribution in [0, 0.1) is 0 Å². The fraction of sp³-hybridized carbons (Fsp3) is 0.200. The van der Waals surface area contributed by atoms with E-state index >= 15 is 0 Å². The quantitative estimate of drug-likeness (QED) is 0.872. The summed E-state index contributed by atoms with van der Waals surface area (Å²) in [6, 6.07) is 5.45. The van der Waals surface area contributed by atoms with Crippen molar-refractivity contribution in [2.24, 2.45) is 5.73 Å². The predicted molar refractivity (Wildman–Crippen MR) is 61.0 cm³/mol. The van der Waals surface area contributed by atoms with Gasteiger partial charge in [-0.3, -0.25) is 0 Å². The van der Waals surface area contributed by atoms with Gasteiger partial charge in [0.15, 0.2) is 17.3 Å². The Hall–Kier alpha value is -1.79. The Kier molecular flexibility index (Phi) is 3.16. The van der Waals surface area contributed by atoms with Crippen molar-refractivity contribution in [1.29, 1.82) is 0 Å². The second-order valence-electron chi connectivity index (χ2n) is 3.29. The summed E-state index contributed by atoms with van der Waals surface area (Å²) >= 11 is 0. The van der Waals surface area contributed by atoms with Crippen molar-refractivity contribution in [3.05, 3.63) is 24.0 Å². The maximum Gasteiger partial charge on any atom is 0.258 e. The van der Waals surface area contributed by atoms with Crippen LogP contribution in [0.4, 0.5) is 0 Å². The molecule has 2 N–H and O–H groups in total. The molecule has 2 aromatic rings. The third kappa shape index (κ3) is 2.04. The Labute approximate surface area is 103 Å². The van der Waals surface area contributed by atoms with E-state index in [1.807, 2.05) is 12.1 Å². The Morgan fingerprint density at radius 2 is 2.06 bits per heavy atom. The van der Waals surface area contributed by atoms with Gasteiger partial charge in [-0.15, -0.1) is 12.4 Å². The number of nitrogens with zero attached hydrogens (tertiary/aromatic N) is 2. The number of hydrogen-bond donors (Lipinski definition) is 1. The first-order chi connectivity index (χ1) is 7.86. The second-order valence-corrected chi connectivity index (χ2v) is 3.29. The Morgan fingerprint density at radius 1 is 1.24 bits per heavy atom. The molecule has 1 aromatic carbocycles. The van der Waals surface area contributed by atoms with E-state index in [1.54, 1.807) is 6.07 Å². The molecule has 6 nitrogen and oxygen atoms in total. The monoisotopic (exact) mass is 255 g/mol. The largest absolute Gasteiger partial charge is 0.454 e. The highest BCUT2D eigenvalue weighted by molar-refractivity contribution is 5.85. The SMILES string of the molecule is Cl.NCc1noc(-c2ccc3c(c2)OCO3)n1. The third-order valence-corrected chi connectivity index (χ3v) is 2.27. The molecule has 0 radical (unpaired) electrons. The standard InChI is InChI=1S/C10H9N3O3.ClH/c11-4-9-12-10(16-13-9)6-1-2-7-8(3-6)15-5-14-7;/h1-3H,4-5,11H2;1H. The first kappa shape index (κ1) is 11.7. The van der Waals surface area contributed by atoms with Crippen molar-refractivity contribution in [1.82, 2.24) is 10.1 Å². The number of benzene rings is 1. The van der Waals surface area contributed by atoms with Crippen LogP contribution in [0.3, 0.4) is 0 Å². The highest BCUT2D eigenvalue weighted by Gasteiger charge is 2.16. The second kappa shape index (κ2) is 4.60. The molecule has 0 spiro atoms. The molecule has 17 heavy (non-hydrogen) atoms. The van der Waals surface area contributed by atoms with E-state index in [-0.39, 0.29) is 25.7 Å². The number of aromatic nitrogens is 2. The molecule has 0 bridgehead atoms. The van der Waals surface area contributed by atoms with Crippen LogP contribution >= 0.6 is 12.4 Å². The first-order valence-corrected chi connectivity index (χ1v) is 4.79. The van der Waals surface area contributed by atoms with Gasteiger partial charge >= 0.3 is 0 Å². The van der Waals surface area contributed by atoms with E-state index in [1.165, 1.54) is 0 Å². The zero-order chi connectivity index (χ0) is 11.0. The average molecular weight is 256 g/mol. The topological polar surface area (TPSA) is 83.4 Å². The van der Waals surface area contributed by atoms with Crippen molar-refractivity contribution in [2.75, 3.05) is 6.79 Å². The van der Waals surface area contributed by atoms with Crippen molar-refractivity contribution in [3.63, 3.8) is 0 Å². The fourth-order valence-electron chi connectivity index (χ4n) is 1.48. The summed E-state index contributed by atoms with van der Waals surface area (Å²) in [5, 5.41) is 3.72. The van der Waals surface area contributed by atoms with Crippen molar-refractivity contribution >= 4 is 12.4 Å². The van der Waals surface area contributed by atoms with Crippen molar-refractivity contribution < 1.29 is 14.0 Å². The van der Waals surface area contributed by atoms with E-state index in [4.69, 9.17) is 19.7 Å². The van der Waals surface area contributed by atoms with E-state index in [9.17, 15) is 0 Å². The molecule has 0 amide bonds. The predicted octanol–water partition coefficient (Wildman–Crippen LogP) is 1.35. The van der Waals surface area contributed by atoms with Crippen LogP contribution in [-0.2, 0) is 6.54 Å². The van der Waals surface area contributed by atoms with Gasteiger partial charge in [0.05, 0.1) is 6.54 Å². The lowest BCUT2D eigenvalue weighted by atomic mass is 10.2. The van der Waals surface area contributed by atoms with Crippen LogP contribution in [0.25, 0.3) is 11.5 Å². The maximum atomic E-state index is 5.40. The molecule has 0 atom stereocenters. The molecule has 0 aliphatic carbocycles. The molecule has 90 valence electrons. The molecule has 1 aromatic heterocycles. The molecule has 0 unspecified atom stereocenters. The van der Waals surface area contributed by atoms with E-state index in [0.717, 1.165) is 11.3 Å². The fourth-order valence-corrected chi connectivity index (χ4v) is 1.48. The third-order valence-electron chi connectivity index (χ3n) is 2.27. The van der Waals surface area contributed by atoms with Gasteiger partial charge in [-0.25, -0.2) is 0 Å². The van der Waals surface area contributed by atoms with Crippen LogP contribution < -0.4 is 15.2 Å². The van der Waals surface area contributed by atoms with Crippen molar-refractivity contribution in [2.45, 2.75) is 6.54 Å². The van der Waals surface area contributed by atoms with Gasteiger partial charge in [0.2, 0.25) is 6.79 Å². The van der Waals surface area contributed by atoms with Gasteiger partial charge in [-0.2, -0.15) is 4.98 Å². The number of hydrogen-bond acceptors (Lipinski definition) is 6. The van der Waals surface area contributed by atoms with E-state index < -0.39 is 0 Å². The average Bonchev–Trinajstić information content (AvgIpc) is 2.96. The minimum absolute atomic E-state index is 0. The molecular formula is C10H10ClN3O3. The lowest BCUT2D eigenvalue weighted by molar-refractivity contribution is 0.174. The maximum absolute atomic E-state index is 5.40. The van der Waals surface area contributed by atoms with E-state index in [0.29, 0.717) is 17.5 Å². The minimum Gasteiger partial charge on any atom is -0.454 e. The summed E-state index contributed by atoms with van der Waals surface area (Å²) < 4.78 is 15.5. The molecule has 1 aliphatic rings. The number of halogens is 1. The van der Waals surface area contributed by atoms with Gasteiger partial charge < -0.3 is 19.7 Å².